The van der Waals surface area contributed by atoms with Gasteiger partial charge in [0, 0.05) is 24.5 Å². The molecule has 2 amide bonds. The molecule has 0 aliphatic carbocycles. The number of aryl methyl sites for hydroxylation is 1. The number of hydrogen-bond donors (Lipinski definition) is 1. The smallest absolute Gasteiger partial charge is 0.252 e. The fourth-order valence-corrected chi connectivity index (χ4v) is 4.72. The molecule has 0 spiro atoms. The highest BCUT2D eigenvalue weighted by molar-refractivity contribution is 6.35. The van der Waals surface area contributed by atoms with Gasteiger partial charge in [0.1, 0.15) is 5.69 Å². The van der Waals surface area contributed by atoms with E-state index in [-0.39, 0.29) is 18.9 Å². The second kappa shape index (κ2) is 8.32. The lowest BCUT2D eigenvalue weighted by atomic mass is 10.0. The first-order chi connectivity index (χ1) is 16.4. The summed E-state index contributed by atoms with van der Waals surface area (Å²) in [5.74, 6) is -0.678. The normalized spacial score (nSPS) is 13.0. The van der Waals surface area contributed by atoms with Gasteiger partial charge in [-0.05, 0) is 17.7 Å². The van der Waals surface area contributed by atoms with E-state index < -0.39 is 5.91 Å². The zero-order chi connectivity index (χ0) is 24.0. The Labute approximate surface area is 200 Å². The molecule has 0 unspecified atom stereocenters. The molecule has 0 fully saturated rings. The van der Waals surface area contributed by atoms with E-state index in [2.05, 4.69) is 15.0 Å². The van der Waals surface area contributed by atoms with Gasteiger partial charge in [-0.15, -0.1) is 0 Å². The highest BCUT2D eigenvalue weighted by Crippen LogP contribution is 2.34. The number of nitrogens with zero attached hydrogens (tertiary/aromatic N) is 6. The molecule has 1 aliphatic heterocycles. The number of benzene rings is 2. The van der Waals surface area contributed by atoms with Crippen molar-refractivity contribution in [1.82, 2.24) is 24.5 Å². The van der Waals surface area contributed by atoms with Gasteiger partial charge in [-0.3, -0.25) is 19.0 Å². The zero-order valence-electron chi connectivity index (χ0n) is 18.3. The molecule has 2 N–H and O–H groups in total. The summed E-state index contributed by atoms with van der Waals surface area (Å²) in [4.78, 5) is 30.5. The van der Waals surface area contributed by atoms with Gasteiger partial charge < -0.3 is 10.6 Å². The Morgan fingerprint density at radius 1 is 1.21 bits per heavy atom. The lowest BCUT2D eigenvalue weighted by Gasteiger charge is -2.28. The number of fused-ring (bicyclic) bond motifs is 2. The third-order valence-corrected chi connectivity index (χ3v) is 6.35. The van der Waals surface area contributed by atoms with E-state index >= 15 is 0 Å². The van der Waals surface area contributed by atoms with Crippen molar-refractivity contribution in [3.63, 3.8) is 0 Å². The Hall–Kier alpha value is -4.16. The Kier molecular flexibility index (Phi) is 5.30. The molecule has 10 heteroatoms. The van der Waals surface area contributed by atoms with Crippen molar-refractivity contribution in [1.29, 1.82) is 0 Å². The highest BCUT2D eigenvalue weighted by Gasteiger charge is 2.30. The molecular weight excluding hydrogens is 454 g/mol. The molecule has 2 aromatic heterocycles. The van der Waals surface area contributed by atoms with Crippen LogP contribution in [0.15, 0.2) is 42.6 Å². The Balaban J connectivity index is 1.47. The minimum absolute atomic E-state index is 0.0696. The minimum atomic E-state index is -0.609. The maximum absolute atomic E-state index is 13.0. The van der Waals surface area contributed by atoms with Crippen LogP contribution in [0.25, 0.3) is 27.0 Å². The topological polar surface area (TPSA) is 103 Å². The zero-order valence-corrected chi connectivity index (χ0v) is 19.1. The minimum Gasteiger partial charge on any atom is -0.365 e. The van der Waals surface area contributed by atoms with Gasteiger partial charge in [0.25, 0.3) is 5.91 Å². The molecule has 5 rings (SSSR count). The van der Waals surface area contributed by atoms with Gasteiger partial charge in [0.15, 0.2) is 5.69 Å². The van der Waals surface area contributed by atoms with Gasteiger partial charge in [-0.25, -0.2) is 4.85 Å². The summed E-state index contributed by atoms with van der Waals surface area (Å²) in [5, 5.41) is 10.2. The maximum atomic E-state index is 13.0. The van der Waals surface area contributed by atoms with E-state index in [4.69, 9.17) is 23.9 Å². The van der Waals surface area contributed by atoms with E-state index in [1.807, 2.05) is 13.1 Å². The number of amides is 2. The summed E-state index contributed by atoms with van der Waals surface area (Å²) < 4.78 is 3.43. The number of aromatic nitrogens is 4. The molecule has 34 heavy (non-hydrogen) atoms. The molecule has 0 saturated carbocycles. The van der Waals surface area contributed by atoms with Crippen molar-refractivity contribution in [3.8, 4) is 11.3 Å². The number of nitrogens with two attached hydrogens (primary N) is 1. The Morgan fingerprint density at radius 3 is 2.68 bits per heavy atom. The number of primary amides is 1. The predicted molar refractivity (Wildman–Crippen MR) is 127 cm³/mol. The first-order valence-corrected chi connectivity index (χ1v) is 11.0. The molecule has 0 radical (unpaired) electrons. The van der Waals surface area contributed by atoms with Crippen LogP contribution < -0.4 is 5.73 Å². The van der Waals surface area contributed by atoms with Crippen LogP contribution in [0.5, 0.6) is 0 Å². The summed E-state index contributed by atoms with van der Waals surface area (Å²) >= 11 is 6.50. The van der Waals surface area contributed by atoms with E-state index in [1.165, 1.54) is 0 Å². The van der Waals surface area contributed by atoms with E-state index in [0.717, 1.165) is 16.5 Å². The molecule has 3 heterocycles. The highest BCUT2D eigenvalue weighted by atomic mass is 35.5. The first kappa shape index (κ1) is 21.7. The summed E-state index contributed by atoms with van der Waals surface area (Å²) in [7, 11) is 1.81. The Morgan fingerprint density at radius 2 is 1.97 bits per heavy atom. The summed E-state index contributed by atoms with van der Waals surface area (Å²) in [6, 6.07) is 10.6. The van der Waals surface area contributed by atoms with Gasteiger partial charge in [-0.1, -0.05) is 35.9 Å². The SMILES string of the molecule is [C-]#[N+]c1ccc(CC(=O)N2CCn3nc(-c4cc(Cl)c5c(cnn5C)c4)c(C(N)=O)c3C2)cc1. The third kappa shape index (κ3) is 3.68. The van der Waals surface area contributed by atoms with Crippen LogP contribution in [-0.2, 0) is 31.4 Å². The molecule has 0 bridgehead atoms. The second-order valence-corrected chi connectivity index (χ2v) is 8.60. The first-order valence-electron chi connectivity index (χ1n) is 10.6. The largest absolute Gasteiger partial charge is 0.365 e. The fraction of sp³-hybridized carbons (Fsp3) is 0.208. The average molecular weight is 474 g/mol. The number of carbonyl (C=O) groups is 2. The van der Waals surface area contributed by atoms with Crippen LogP contribution >= 0.6 is 11.6 Å². The molecule has 170 valence electrons. The number of hydrogen-bond acceptors (Lipinski definition) is 4. The van der Waals surface area contributed by atoms with E-state index in [1.54, 1.807) is 50.8 Å². The van der Waals surface area contributed by atoms with Crippen LogP contribution in [0.2, 0.25) is 5.02 Å². The van der Waals surface area contributed by atoms with Crippen molar-refractivity contribution in [2.45, 2.75) is 19.5 Å². The summed E-state index contributed by atoms with van der Waals surface area (Å²) in [5.41, 5.74) is 9.93. The predicted octanol–water partition coefficient (Wildman–Crippen LogP) is 3.32. The Bertz CT molecular complexity index is 1490. The van der Waals surface area contributed by atoms with Crippen molar-refractivity contribution in [2.75, 3.05) is 6.54 Å². The maximum Gasteiger partial charge on any atom is 0.252 e. The molecular formula is C24H20ClN7O2. The van der Waals surface area contributed by atoms with Gasteiger partial charge in [0.2, 0.25) is 5.91 Å². The molecule has 0 saturated heterocycles. The van der Waals surface area contributed by atoms with Crippen LogP contribution in [-0.4, -0.2) is 42.8 Å². The van der Waals surface area contributed by atoms with Crippen LogP contribution in [0.1, 0.15) is 21.6 Å². The number of rotatable bonds is 4. The van der Waals surface area contributed by atoms with Crippen molar-refractivity contribution >= 4 is 40.0 Å². The number of carbonyl (C=O) groups excluding carboxylic acids is 2. The molecule has 9 nitrogen and oxygen atoms in total. The van der Waals surface area contributed by atoms with Crippen molar-refractivity contribution < 1.29 is 9.59 Å². The molecule has 4 aromatic rings. The van der Waals surface area contributed by atoms with E-state index in [9.17, 15) is 9.59 Å². The summed E-state index contributed by atoms with van der Waals surface area (Å²) in [6.07, 6.45) is 1.91. The quantitative estimate of drug-likeness (QED) is 0.459. The second-order valence-electron chi connectivity index (χ2n) is 8.19. The van der Waals surface area contributed by atoms with Crippen molar-refractivity contribution in [2.24, 2.45) is 12.8 Å². The standard InChI is InChI=1S/C24H20ClN7O2/c1-27-17-5-3-14(4-6-17)9-20(33)31-7-8-32-19(13-31)21(24(26)34)22(29-32)15-10-16-12-28-30(2)23(16)18(25)11-15/h3-6,10-12H,7-9,13H2,2H3,(H2,26,34). The van der Waals surface area contributed by atoms with Gasteiger partial charge in [0.05, 0.1) is 54.1 Å². The number of halogens is 1. The fourth-order valence-electron chi connectivity index (χ4n) is 4.37. The van der Waals surface area contributed by atoms with Crippen LogP contribution in [0.4, 0.5) is 5.69 Å². The lowest BCUT2D eigenvalue weighted by molar-refractivity contribution is -0.132. The third-order valence-electron chi connectivity index (χ3n) is 6.06. The van der Waals surface area contributed by atoms with Gasteiger partial charge in [-0.2, -0.15) is 10.2 Å². The molecule has 1 aliphatic rings. The van der Waals surface area contributed by atoms with Crippen molar-refractivity contribution in [3.05, 3.63) is 75.9 Å². The monoisotopic (exact) mass is 473 g/mol. The molecule has 0 atom stereocenters. The molecule has 2 aromatic carbocycles. The summed E-state index contributed by atoms with van der Waals surface area (Å²) in [6.45, 7) is 8.19. The van der Waals surface area contributed by atoms with E-state index in [0.29, 0.717) is 46.3 Å². The van der Waals surface area contributed by atoms with Gasteiger partial charge >= 0.3 is 0 Å². The average Bonchev–Trinajstić information content (AvgIpc) is 3.40. The lowest BCUT2D eigenvalue weighted by Crippen LogP contribution is -2.40. The van der Waals surface area contributed by atoms with Crippen LogP contribution in [0, 0.1) is 6.57 Å². The van der Waals surface area contributed by atoms with Crippen LogP contribution in [0.3, 0.4) is 0 Å².